The van der Waals surface area contributed by atoms with E-state index in [1.807, 2.05) is 6.08 Å². The van der Waals surface area contributed by atoms with Gasteiger partial charge in [0.2, 0.25) is 5.91 Å². The van der Waals surface area contributed by atoms with Gasteiger partial charge < -0.3 is 15.5 Å². The molecule has 4 nitrogen and oxygen atoms in total. The molecule has 0 saturated carbocycles. The molecule has 0 radical (unpaired) electrons. The van der Waals surface area contributed by atoms with Crippen LogP contribution in [0.25, 0.3) is 0 Å². The number of amides is 1. The Balaban J connectivity index is 3.63. The summed E-state index contributed by atoms with van der Waals surface area (Å²) in [5, 5.41) is 22.9. The van der Waals surface area contributed by atoms with Crippen molar-refractivity contribution in [1.29, 1.82) is 0 Å². The van der Waals surface area contributed by atoms with Gasteiger partial charge in [-0.25, -0.2) is 0 Å². The number of unbranched alkanes of at least 4 members (excludes halogenated alkanes) is 23. The van der Waals surface area contributed by atoms with Gasteiger partial charge in [0.15, 0.2) is 0 Å². The average molecular weight is 658 g/mol. The van der Waals surface area contributed by atoms with E-state index in [-0.39, 0.29) is 12.5 Å². The smallest absolute Gasteiger partial charge is 0.220 e. The van der Waals surface area contributed by atoms with Crippen molar-refractivity contribution < 1.29 is 15.0 Å². The fourth-order valence-corrected chi connectivity index (χ4v) is 5.85. The normalized spacial score (nSPS) is 13.5. The van der Waals surface area contributed by atoms with Crippen LogP contribution in [0, 0.1) is 0 Å². The van der Waals surface area contributed by atoms with Gasteiger partial charge in [-0.05, 0) is 70.6 Å². The van der Waals surface area contributed by atoms with E-state index in [4.69, 9.17) is 0 Å². The lowest BCUT2D eigenvalue weighted by molar-refractivity contribution is -0.123. The standard InChI is InChI=1S/C43H79NO3/c1-3-5-7-9-11-13-15-17-19-20-21-22-23-24-25-27-29-31-33-35-37-39-43(47)44-41(40-45)42(46)38-36-34-32-30-28-26-18-16-14-12-10-8-6-4-2/h14,16,20-21,28,30,36,38,41-42,45-46H,3-13,15,17-19,22-27,29,31-35,37,39-40H2,1-2H3,(H,44,47)/b16-14+,21-20-,30-28+,38-36+. The van der Waals surface area contributed by atoms with Gasteiger partial charge in [-0.1, -0.05) is 172 Å². The van der Waals surface area contributed by atoms with E-state index in [9.17, 15) is 15.0 Å². The van der Waals surface area contributed by atoms with Crippen LogP contribution in [-0.4, -0.2) is 34.9 Å². The maximum atomic E-state index is 12.3. The third-order valence-corrected chi connectivity index (χ3v) is 9.01. The zero-order chi connectivity index (χ0) is 34.3. The second-order valence-corrected chi connectivity index (χ2v) is 13.7. The third kappa shape index (κ3) is 35.5. The van der Waals surface area contributed by atoms with Gasteiger partial charge in [-0.3, -0.25) is 4.79 Å². The molecule has 0 rings (SSSR count). The Hall–Kier alpha value is -1.65. The summed E-state index contributed by atoms with van der Waals surface area (Å²) < 4.78 is 0. The van der Waals surface area contributed by atoms with Crippen molar-refractivity contribution in [3.63, 3.8) is 0 Å². The minimum absolute atomic E-state index is 0.0821. The molecule has 274 valence electrons. The Kier molecular flexibility index (Phi) is 37.4. The van der Waals surface area contributed by atoms with Crippen molar-refractivity contribution in [1.82, 2.24) is 5.32 Å². The van der Waals surface area contributed by atoms with E-state index < -0.39 is 12.1 Å². The molecule has 0 aromatic carbocycles. The summed E-state index contributed by atoms with van der Waals surface area (Å²) in [5.74, 6) is -0.0821. The number of carbonyl (C=O) groups excluding carboxylic acids is 1. The molecule has 0 aliphatic carbocycles. The van der Waals surface area contributed by atoms with E-state index in [1.54, 1.807) is 6.08 Å². The molecule has 0 spiro atoms. The number of hydrogen-bond acceptors (Lipinski definition) is 3. The molecule has 0 saturated heterocycles. The first-order valence-corrected chi connectivity index (χ1v) is 20.4. The molecule has 4 heteroatoms. The fraction of sp³-hybridized carbons (Fsp3) is 0.791. The minimum Gasteiger partial charge on any atom is -0.394 e. The number of aliphatic hydroxyl groups excluding tert-OH is 2. The topological polar surface area (TPSA) is 69.6 Å². The van der Waals surface area contributed by atoms with Crippen LogP contribution in [-0.2, 0) is 4.79 Å². The van der Waals surface area contributed by atoms with Gasteiger partial charge in [0.25, 0.3) is 0 Å². The number of nitrogens with one attached hydrogen (secondary N) is 1. The van der Waals surface area contributed by atoms with Gasteiger partial charge >= 0.3 is 0 Å². The molecule has 0 aliphatic rings. The Labute approximate surface area is 293 Å². The zero-order valence-electron chi connectivity index (χ0n) is 31.3. The van der Waals surface area contributed by atoms with Crippen LogP contribution in [0.2, 0.25) is 0 Å². The minimum atomic E-state index is -0.869. The molecule has 1 amide bonds. The number of rotatable bonds is 36. The fourth-order valence-electron chi connectivity index (χ4n) is 5.85. The number of aliphatic hydroxyl groups is 2. The van der Waals surface area contributed by atoms with Crippen molar-refractivity contribution in [3.8, 4) is 0 Å². The van der Waals surface area contributed by atoms with Crippen LogP contribution in [0.4, 0.5) is 0 Å². The van der Waals surface area contributed by atoms with Crippen molar-refractivity contribution >= 4 is 5.91 Å². The molecule has 0 aliphatic heterocycles. The highest BCUT2D eigenvalue weighted by Gasteiger charge is 2.17. The van der Waals surface area contributed by atoms with Crippen molar-refractivity contribution in [2.24, 2.45) is 0 Å². The average Bonchev–Trinajstić information content (AvgIpc) is 3.07. The van der Waals surface area contributed by atoms with Gasteiger partial charge in [0.1, 0.15) is 0 Å². The Morgan fingerprint density at radius 3 is 1.26 bits per heavy atom. The lowest BCUT2D eigenvalue weighted by Gasteiger charge is -2.19. The summed E-state index contributed by atoms with van der Waals surface area (Å²) >= 11 is 0. The molecule has 3 N–H and O–H groups in total. The predicted molar refractivity (Wildman–Crippen MR) is 207 cm³/mol. The van der Waals surface area contributed by atoms with Crippen LogP contribution < -0.4 is 5.32 Å². The lowest BCUT2D eigenvalue weighted by atomic mass is 10.0. The molecule has 0 aromatic rings. The third-order valence-electron chi connectivity index (χ3n) is 9.01. The summed E-state index contributed by atoms with van der Waals surface area (Å²) in [6, 6.07) is -0.645. The van der Waals surface area contributed by atoms with Crippen LogP contribution in [0.15, 0.2) is 48.6 Å². The quantitative estimate of drug-likeness (QED) is 0.0464. The van der Waals surface area contributed by atoms with Crippen molar-refractivity contribution in [2.75, 3.05) is 6.61 Å². The van der Waals surface area contributed by atoms with Crippen molar-refractivity contribution in [2.45, 2.75) is 212 Å². The first kappa shape index (κ1) is 45.3. The van der Waals surface area contributed by atoms with Crippen LogP contribution in [0.3, 0.4) is 0 Å². The summed E-state index contributed by atoms with van der Waals surface area (Å²) in [4.78, 5) is 12.3. The van der Waals surface area contributed by atoms with Crippen LogP contribution in [0.1, 0.15) is 200 Å². The van der Waals surface area contributed by atoms with Crippen LogP contribution in [0.5, 0.6) is 0 Å². The Morgan fingerprint density at radius 2 is 0.830 bits per heavy atom. The highest BCUT2D eigenvalue weighted by atomic mass is 16.3. The number of allylic oxidation sites excluding steroid dienone is 7. The largest absolute Gasteiger partial charge is 0.394 e. The second-order valence-electron chi connectivity index (χ2n) is 13.7. The highest BCUT2D eigenvalue weighted by Crippen LogP contribution is 2.13. The molecule has 47 heavy (non-hydrogen) atoms. The van der Waals surface area contributed by atoms with E-state index >= 15 is 0 Å². The molecular formula is C43H79NO3. The van der Waals surface area contributed by atoms with Crippen LogP contribution >= 0.6 is 0 Å². The van der Waals surface area contributed by atoms with E-state index in [0.717, 1.165) is 38.5 Å². The van der Waals surface area contributed by atoms with E-state index in [2.05, 4.69) is 55.6 Å². The molecule has 2 unspecified atom stereocenters. The molecular weight excluding hydrogens is 578 g/mol. The SMILES string of the molecule is CCCCCC/C=C/CC/C=C/CC/C=C/C(O)C(CO)NC(=O)CCCCCCCCCCC/C=C\CCCCCCCCCC. The number of hydrogen-bond donors (Lipinski definition) is 3. The summed E-state index contributed by atoms with van der Waals surface area (Å²) in [7, 11) is 0. The maximum absolute atomic E-state index is 12.3. The second kappa shape index (κ2) is 38.8. The van der Waals surface area contributed by atoms with E-state index in [0.29, 0.717) is 6.42 Å². The maximum Gasteiger partial charge on any atom is 0.220 e. The van der Waals surface area contributed by atoms with Gasteiger partial charge in [0, 0.05) is 6.42 Å². The first-order valence-electron chi connectivity index (χ1n) is 20.4. The van der Waals surface area contributed by atoms with Crippen molar-refractivity contribution in [3.05, 3.63) is 48.6 Å². The van der Waals surface area contributed by atoms with Gasteiger partial charge in [-0.15, -0.1) is 0 Å². The monoisotopic (exact) mass is 658 g/mol. The predicted octanol–water partition coefficient (Wildman–Crippen LogP) is 12.4. The lowest BCUT2D eigenvalue weighted by Crippen LogP contribution is -2.45. The Morgan fingerprint density at radius 1 is 0.489 bits per heavy atom. The summed E-state index contributed by atoms with van der Waals surface area (Å²) in [5.41, 5.74) is 0. The number of carbonyl (C=O) groups is 1. The zero-order valence-corrected chi connectivity index (χ0v) is 31.3. The molecule has 2 atom stereocenters. The van der Waals surface area contributed by atoms with Gasteiger partial charge in [-0.2, -0.15) is 0 Å². The summed E-state index contributed by atoms with van der Waals surface area (Å²) in [6.45, 7) is 4.26. The molecule has 0 fully saturated rings. The van der Waals surface area contributed by atoms with E-state index in [1.165, 1.54) is 141 Å². The molecule has 0 aromatic heterocycles. The summed E-state index contributed by atoms with van der Waals surface area (Å²) in [6.07, 6.45) is 52.1. The Bertz CT molecular complexity index is 756. The molecule has 0 heterocycles. The van der Waals surface area contributed by atoms with Gasteiger partial charge in [0.05, 0.1) is 18.8 Å². The molecule has 0 bridgehead atoms. The highest BCUT2D eigenvalue weighted by molar-refractivity contribution is 5.76. The first-order chi connectivity index (χ1) is 23.2.